The smallest absolute Gasteiger partial charge is 0.250 e. The van der Waals surface area contributed by atoms with E-state index in [4.69, 9.17) is 21.6 Å². The molecule has 0 radical (unpaired) electrons. The second-order valence-electron chi connectivity index (χ2n) is 8.09. The van der Waals surface area contributed by atoms with Crippen LogP contribution in [0.4, 0.5) is 5.69 Å². The van der Waals surface area contributed by atoms with E-state index in [1.165, 1.54) is 5.69 Å². The van der Waals surface area contributed by atoms with Crippen LogP contribution in [0.15, 0.2) is 48.0 Å². The minimum Gasteiger partial charge on any atom is -0.488 e. The topological polar surface area (TPSA) is 68.6 Å². The molecule has 0 aliphatic carbocycles. The SMILES string of the molecule is N#Cc1ccc(N2CCN(CCCCNC(=O)C3=Cc4cc(Cl)ccc4OC3)CC2)cc1. The van der Waals surface area contributed by atoms with Gasteiger partial charge in [0.05, 0.1) is 17.2 Å². The fraction of sp³-hybridized carbons (Fsp3) is 0.360. The van der Waals surface area contributed by atoms with E-state index in [1.807, 2.05) is 42.5 Å². The zero-order valence-corrected chi connectivity index (χ0v) is 18.8. The van der Waals surface area contributed by atoms with Crippen LogP contribution in [0.25, 0.3) is 6.08 Å². The van der Waals surface area contributed by atoms with E-state index in [-0.39, 0.29) is 12.5 Å². The highest BCUT2D eigenvalue weighted by molar-refractivity contribution is 6.30. The van der Waals surface area contributed by atoms with E-state index >= 15 is 0 Å². The number of rotatable bonds is 7. The van der Waals surface area contributed by atoms with Crippen molar-refractivity contribution in [3.63, 3.8) is 0 Å². The molecule has 1 N–H and O–H groups in total. The number of ether oxygens (including phenoxy) is 1. The maximum Gasteiger partial charge on any atom is 0.250 e. The van der Waals surface area contributed by atoms with Crippen LogP contribution in [0.3, 0.4) is 0 Å². The van der Waals surface area contributed by atoms with E-state index in [2.05, 4.69) is 21.2 Å². The molecule has 0 spiro atoms. The van der Waals surface area contributed by atoms with Crippen LogP contribution in [0.5, 0.6) is 5.75 Å². The molecule has 2 aromatic carbocycles. The molecule has 2 aliphatic heterocycles. The summed E-state index contributed by atoms with van der Waals surface area (Å²) in [6, 6.07) is 15.4. The molecular weight excluding hydrogens is 424 g/mol. The van der Waals surface area contributed by atoms with Crippen LogP contribution < -0.4 is 15.0 Å². The lowest BCUT2D eigenvalue weighted by Crippen LogP contribution is -2.46. The number of hydrogen-bond donors (Lipinski definition) is 1. The van der Waals surface area contributed by atoms with Crippen molar-refractivity contribution in [2.24, 2.45) is 0 Å². The van der Waals surface area contributed by atoms with Crippen molar-refractivity contribution in [1.82, 2.24) is 10.2 Å². The highest BCUT2D eigenvalue weighted by Gasteiger charge is 2.18. The highest BCUT2D eigenvalue weighted by Crippen LogP contribution is 2.29. The average molecular weight is 451 g/mol. The summed E-state index contributed by atoms with van der Waals surface area (Å²) >= 11 is 6.03. The van der Waals surface area contributed by atoms with Crippen LogP contribution in [-0.2, 0) is 4.79 Å². The molecule has 0 saturated carbocycles. The first-order chi connectivity index (χ1) is 15.6. The molecule has 0 unspecified atom stereocenters. The number of nitriles is 1. The molecule has 166 valence electrons. The summed E-state index contributed by atoms with van der Waals surface area (Å²) in [4.78, 5) is 17.3. The normalized spacial score (nSPS) is 15.9. The summed E-state index contributed by atoms with van der Waals surface area (Å²) < 4.78 is 5.66. The van der Waals surface area contributed by atoms with Gasteiger partial charge in [-0.15, -0.1) is 0 Å². The number of hydrogen-bond acceptors (Lipinski definition) is 5. The van der Waals surface area contributed by atoms with Gasteiger partial charge in [0.25, 0.3) is 5.91 Å². The van der Waals surface area contributed by atoms with Gasteiger partial charge in [0.1, 0.15) is 12.4 Å². The number of amides is 1. The third-order valence-corrected chi connectivity index (χ3v) is 6.13. The first-order valence-corrected chi connectivity index (χ1v) is 11.4. The maximum atomic E-state index is 12.4. The van der Waals surface area contributed by atoms with E-state index in [0.717, 1.165) is 56.9 Å². The molecule has 6 nitrogen and oxygen atoms in total. The Kier molecular flexibility index (Phi) is 7.31. The Balaban J connectivity index is 1.14. The zero-order valence-electron chi connectivity index (χ0n) is 18.0. The monoisotopic (exact) mass is 450 g/mol. The van der Waals surface area contributed by atoms with Gasteiger partial charge in [-0.25, -0.2) is 0 Å². The first kappa shape index (κ1) is 22.2. The van der Waals surface area contributed by atoms with Gasteiger partial charge in [-0.1, -0.05) is 11.6 Å². The number of carbonyl (C=O) groups is 1. The highest BCUT2D eigenvalue weighted by atomic mass is 35.5. The Morgan fingerprint density at radius 3 is 2.62 bits per heavy atom. The molecule has 1 amide bonds. The lowest BCUT2D eigenvalue weighted by Gasteiger charge is -2.36. The number of piperazine rings is 1. The van der Waals surface area contributed by atoms with Crippen LogP contribution in [0.2, 0.25) is 5.02 Å². The second kappa shape index (κ2) is 10.5. The van der Waals surface area contributed by atoms with Crippen molar-refractivity contribution in [3.8, 4) is 11.8 Å². The summed E-state index contributed by atoms with van der Waals surface area (Å²) in [7, 11) is 0. The van der Waals surface area contributed by atoms with E-state index in [0.29, 0.717) is 22.7 Å². The molecule has 2 aliphatic rings. The summed E-state index contributed by atoms with van der Waals surface area (Å²) in [6.07, 6.45) is 3.84. The van der Waals surface area contributed by atoms with Gasteiger partial charge in [-0.3, -0.25) is 9.69 Å². The largest absolute Gasteiger partial charge is 0.488 e. The average Bonchev–Trinajstić information content (AvgIpc) is 2.83. The number of halogens is 1. The van der Waals surface area contributed by atoms with Crippen molar-refractivity contribution in [2.45, 2.75) is 12.8 Å². The Morgan fingerprint density at radius 2 is 1.88 bits per heavy atom. The molecule has 0 bridgehead atoms. The number of fused-ring (bicyclic) bond motifs is 1. The Hall–Kier alpha value is -3.01. The Morgan fingerprint density at radius 1 is 1.09 bits per heavy atom. The number of anilines is 1. The number of unbranched alkanes of at least 4 members (excludes halogenated alkanes) is 1. The van der Waals surface area contributed by atoms with Gasteiger partial charge in [0.15, 0.2) is 0 Å². The fourth-order valence-electron chi connectivity index (χ4n) is 4.03. The van der Waals surface area contributed by atoms with Crippen molar-refractivity contribution in [1.29, 1.82) is 5.26 Å². The summed E-state index contributed by atoms with van der Waals surface area (Å²) in [5.41, 5.74) is 3.34. The quantitative estimate of drug-likeness (QED) is 0.651. The molecule has 32 heavy (non-hydrogen) atoms. The van der Waals surface area contributed by atoms with Gasteiger partial charge in [0, 0.05) is 49.0 Å². The van der Waals surface area contributed by atoms with Gasteiger partial charge in [-0.05, 0) is 67.9 Å². The van der Waals surface area contributed by atoms with Gasteiger partial charge in [0.2, 0.25) is 0 Å². The lowest BCUT2D eigenvalue weighted by molar-refractivity contribution is -0.117. The molecule has 1 saturated heterocycles. The van der Waals surface area contributed by atoms with Crippen LogP contribution in [0.1, 0.15) is 24.0 Å². The van der Waals surface area contributed by atoms with Gasteiger partial charge in [-0.2, -0.15) is 5.26 Å². The van der Waals surface area contributed by atoms with E-state index < -0.39 is 0 Å². The maximum absolute atomic E-state index is 12.4. The third-order valence-electron chi connectivity index (χ3n) is 5.90. The summed E-state index contributed by atoms with van der Waals surface area (Å²) in [6.45, 7) is 6.00. The standard InChI is InChI=1S/C25H27ClN4O2/c26-22-5-8-24-20(16-22)15-21(18-32-24)25(31)28-9-1-2-10-29-11-13-30(14-12-29)23-6-3-19(17-27)4-7-23/h3-8,15-16H,1-2,9-14,18H2,(H,28,31). The van der Waals surface area contributed by atoms with Crippen molar-refractivity contribution in [3.05, 3.63) is 64.2 Å². The fourth-order valence-corrected chi connectivity index (χ4v) is 4.21. The summed E-state index contributed by atoms with van der Waals surface area (Å²) in [5.74, 6) is 0.678. The van der Waals surface area contributed by atoms with E-state index in [9.17, 15) is 4.79 Å². The van der Waals surface area contributed by atoms with E-state index in [1.54, 1.807) is 6.07 Å². The Bertz CT molecular complexity index is 1020. The van der Waals surface area contributed by atoms with Crippen molar-refractivity contribution < 1.29 is 9.53 Å². The van der Waals surface area contributed by atoms with Crippen LogP contribution in [-0.4, -0.2) is 56.7 Å². The number of nitrogens with one attached hydrogen (secondary N) is 1. The molecule has 1 fully saturated rings. The number of carbonyl (C=O) groups excluding carboxylic acids is 1. The molecule has 0 atom stereocenters. The molecular formula is C25H27ClN4O2. The molecule has 2 heterocycles. The predicted octanol–water partition coefficient (Wildman–Crippen LogP) is 3.71. The van der Waals surface area contributed by atoms with Crippen molar-refractivity contribution in [2.75, 3.05) is 50.8 Å². The predicted molar refractivity (Wildman–Crippen MR) is 127 cm³/mol. The zero-order chi connectivity index (χ0) is 22.3. The van der Waals surface area contributed by atoms with Crippen molar-refractivity contribution >= 4 is 29.3 Å². The van der Waals surface area contributed by atoms with Crippen LogP contribution >= 0.6 is 11.6 Å². The minimum absolute atomic E-state index is 0.0772. The molecule has 2 aromatic rings. The first-order valence-electron chi connectivity index (χ1n) is 11.0. The Labute approximate surface area is 194 Å². The molecule has 7 heteroatoms. The minimum atomic E-state index is -0.0772. The van der Waals surface area contributed by atoms with Gasteiger partial charge >= 0.3 is 0 Å². The molecule has 4 rings (SSSR count). The number of nitrogens with zero attached hydrogens (tertiary/aromatic N) is 3. The second-order valence-corrected chi connectivity index (χ2v) is 8.53. The summed E-state index contributed by atoms with van der Waals surface area (Å²) in [5, 5.41) is 12.6. The molecule has 0 aromatic heterocycles. The van der Waals surface area contributed by atoms with Gasteiger partial charge < -0.3 is 15.0 Å². The third kappa shape index (κ3) is 5.61. The number of benzene rings is 2. The van der Waals surface area contributed by atoms with Crippen LogP contribution in [0, 0.1) is 11.3 Å². The lowest BCUT2D eigenvalue weighted by atomic mass is 10.1.